The fraction of sp³-hybridized carbons (Fsp3) is 0.571. The van der Waals surface area contributed by atoms with Gasteiger partial charge in [0.2, 0.25) is 16.0 Å². The molecule has 3 rings (SSSR count). The summed E-state index contributed by atoms with van der Waals surface area (Å²) < 4.78 is 1.34. The summed E-state index contributed by atoms with van der Waals surface area (Å²) in [7, 11) is 0. The van der Waals surface area contributed by atoms with Crippen LogP contribution in [-0.2, 0) is 4.79 Å². The number of carbonyl (C=O) groups excluding carboxylic acids is 1. The molecule has 1 fully saturated rings. The lowest BCUT2D eigenvalue weighted by Crippen LogP contribution is -2.43. The van der Waals surface area contributed by atoms with Crippen molar-refractivity contribution in [2.75, 3.05) is 24.5 Å². The van der Waals surface area contributed by atoms with Gasteiger partial charge in [-0.1, -0.05) is 11.3 Å². The highest BCUT2D eigenvalue weighted by atomic mass is 32.1. The molecule has 0 saturated carbocycles. The molecule has 0 radical (unpaired) electrons. The van der Waals surface area contributed by atoms with Crippen molar-refractivity contribution in [3.8, 4) is 0 Å². The van der Waals surface area contributed by atoms with E-state index in [1.807, 2.05) is 6.92 Å². The first kappa shape index (κ1) is 15.0. The Morgan fingerprint density at radius 2 is 2.36 bits per heavy atom. The normalized spacial score (nSPS) is 18.6. The molecule has 1 aliphatic heterocycles. The van der Waals surface area contributed by atoms with E-state index in [1.165, 1.54) is 21.9 Å². The largest absolute Gasteiger partial charge is 0.356 e. The van der Waals surface area contributed by atoms with E-state index in [-0.39, 0.29) is 17.4 Å². The van der Waals surface area contributed by atoms with Crippen LogP contribution in [0.15, 0.2) is 10.9 Å². The summed E-state index contributed by atoms with van der Waals surface area (Å²) in [5.74, 6) is 0.0755. The molecule has 7 nitrogen and oxygen atoms in total. The van der Waals surface area contributed by atoms with Crippen LogP contribution in [-0.4, -0.2) is 40.1 Å². The number of carbonyl (C=O) groups is 1. The highest BCUT2D eigenvalue weighted by molar-refractivity contribution is 7.20. The number of aromatic nitrogens is 3. The molecule has 8 heteroatoms. The molecule has 22 heavy (non-hydrogen) atoms. The van der Waals surface area contributed by atoms with Gasteiger partial charge in [-0.05, 0) is 26.7 Å². The molecule has 0 unspecified atom stereocenters. The lowest BCUT2D eigenvalue weighted by atomic mass is 9.97. The Hall–Kier alpha value is -1.96. The SMILES string of the molecule is CCNC(=O)[C@@H]1CCCN(c2nn3c(=O)cc(C)nc3s2)C1. The minimum atomic E-state index is -0.165. The summed E-state index contributed by atoms with van der Waals surface area (Å²) in [5.41, 5.74) is 0.529. The van der Waals surface area contributed by atoms with Gasteiger partial charge < -0.3 is 10.2 Å². The van der Waals surface area contributed by atoms with Gasteiger partial charge >= 0.3 is 0 Å². The Kier molecular flexibility index (Phi) is 4.10. The van der Waals surface area contributed by atoms with E-state index in [2.05, 4.69) is 20.3 Å². The molecule has 1 atom stereocenters. The maximum atomic E-state index is 12.0. The van der Waals surface area contributed by atoms with E-state index in [0.717, 1.165) is 24.5 Å². The number of nitrogens with zero attached hydrogens (tertiary/aromatic N) is 4. The first-order valence-electron chi connectivity index (χ1n) is 7.48. The number of rotatable bonds is 3. The molecule has 1 aliphatic rings. The van der Waals surface area contributed by atoms with Gasteiger partial charge in [-0.2, -0.15) is 4.52 Å². The van der Waals surface area contributed by atoms with Gasteiger partial charge in [0.1, 0.15) is 0 Å². The molecule has 0 bridgehead atoms. The van der Waals surface area contributed by atoms with Crippen LogP contribution in [0.25, 0.3) is 4.96 Å². The number of aryl methyl sites for hydroxylation is 1. The summed E-state index contributed by atoms with van der Waals surface area (Å²) in [6, 6.07) is 1.48. The van der Waals surface area contributed by atoms with Crippen LogP contribution in [0.2, 0.25) is 0 Å². The lowest BCUT2D eigenvalue weighted by Gasteiger charge is -2.31. The van der Waals surface area contributed by atoms with Crippen molar-refractivity contribution in [2.45, 2.75) is 26.7 Å². The maximum Gasteiger partial charge on any atom is 0.275 e. The van der Waals surface area contributed by atoms with E-state index in [0.29, 0.717) is 23.7 Å². The summed E-state index contributed by atoms with van der Waals surface area (Å²) in [4.78, 5) is 31.0. The van der Waals surface area contributed by atoms with E-state index < -0.39 is 0 Å². The predicted octanol–water partition coefficient (Wildman–Crippen LogP) is 0.812. The van der Waals surface area contributed by atoms with Crippen LogP contribution < -0.4 is 15.8 Å². The van der Waals surface area contributed by atoms with E-state index in [9.17, 15) is 9.59 Å². The molecule has 2 aromatic rings. The summed E-state index contributed by atoms with van der Waals surface area (Å²) in [6.07, 6.45) is 1.84. The monoisotopic (exact) mass is 321 g/mol. The van der Waals surface area contributed by atoms with Crippen LogP contribution >= 0.6 is 11.3 Å². The number of hydrogen-bond donors (Lipinski definition) is 1. The second-order valence-electron chi connectivity index (χ2n) is 5.49. The third-order valence-electron chi connectivity index (χ3n) is 3.78. The van der Waals surface area contributed by atoms with E-state index in [1.54, 1.807) is 6.92 Å². The van der Waals surface area contributed by atoms with Gasteiger partial charge in [-0.25, -0.2) is 4.98 Å². The van der Waals surface area contributed by atoms with Crippen molar-refractivity contribution in [3.63, 3.8) is 0 Å². The van der Waals surface area contributed by atoms with Crippen molar-refractivity contribution < 1.29 is 4.79 Å². The van der Waals surface area contributed by atoms with E-state index in [4.69, 9.17) is 0 Å². The summed E-state index contributed by atoms with van der Waals surface area (Å²) in [5, 5.41) is 8.01. The van der Waals surface area contributed by atoms with Crippen LogP contribution in [0.1, 0.15) is 25.5 Å². The Balaban J connectivity index is 1.86. The molecule has 3 heterocycles. The zero-order valence-corrected chi connectivity index (χ0v) is 13.5. The smallest absolute Gasteiger partial charge is 0.275 e. The Bertz CT molecular complexity index is 753. The molecular weight excluding hydrogens is 302 g/mol. The Labute approximate surface area is 132 Å². The molecule has 0 aliphatic carbocycles. The number of anilines is 1. The van der Waals surface area contributed by atoms with Gasteiger partial charge in [0.25, 0.3) is 5.56 Å². The number of hydrogen-bond acceptors (Lipinski definition) is 6. The van der Waals surface area contributed by atoms with Crippen LogP contribution in [0.5, 0.6) is 0 Å². The average Bonchev–Trinajstić information content (AvgIpc) is 2.92. The summed E-state index contributed by atoms with van der Waals surface area (Å²) in [6.45, 7) is 5.86. The quantitative estimate of drug-likeness (QED) is 0.905. The van der Waals surface area contributed by atoms with Gasteiger partial charge in [0, 0.05) is 31.4 Å². The van der Waals surface area contributed by atoms with Gasteiger partial charge in [-0.3, -0.25) is 9.59 Å². The highest BCUT2D eigenvalue weighted by Gasteiger charge is 2.27. The van der Waals surface area contributed by atoms with Crippen molar-refractivity contribution in [1.29, 1.82) is 0 Å². The molecule has 1 amide bonds. The summed E-state index contributed by atoms with van der Waals surface area (Å²) >= 11 is 1.39. The number of fused-ring (bicyclic) bond motifs is 1. The van der Waals surface area contributed by atoms with Gasteiger partial charge in [0.05, 0.1) is 5.92 Å². The first-order chi connectivity index (χ1) is 10.6. The predicted molar refractivity (Wildman–Crippen MR) is 85.5 cm³/mol. The van der Waals surface area contributed by atoms with Crippen LogP contribution in [0, 0.1) is 12.8 Å². The van der Waals surface area contributed by atoms with Crippen molar-refractivity contribution >= 4 is 27.3 Å². The molecule has 0 aromatic carbocycles. The second kappa shape index (κ2) is 6.04. The third kappa shape index (κ3) is 2.83. The topological polar surface area (TPSA) is 79.6 Å². The number of piperidine rings is 1. The fourth-order valence-electron chi connectivity index (χ4n) is 2.72. The second-order valence-corrected chi connectivity index (χ2v) is 6.43. The lowest BCUT2D eigenvalue weighted by molar-refractivity contribution is -0.125. The highest BCUT2D eigenvalue weighted by Crippen LogP contribution is 2.26. The fourth-order valence-corrected chi connectivity index (χ4v) is 3.71. The Morgan fingerprint density at radius 3 is 3.14 bits per heavy atom. The maximum absolute atomic E-state index is 12.0. The minimum absolute atomic E-state index is 0.0212. The van der Waals surface area contributed by atoms with Crippen molar-refractivity contribution in [2.24, 2.45) is 5.92 Å². The van der Waals surface area contributed by atoms with Crippen LogP contribution in [0.3, 0.4) is 0 Å². The Morgan fingerprint density at radius 1 is 1.55 bits per heavy atom. The molecule has 0 spiro atoms. The zero-order valence-electron chi connectivity index (χ0n) is 12.7. The standard InChI is InChI=1S/C14H19N5O2S/c1-3-15-12(21)10-5-4-6-18(8-10)14-17-19-11(20)7-9(2)16-13(19)22-14/h7,10H,3-6,8H2,1-2H3,(H,15,21)/t10-/m1/s1. The van der Waals surface area contributed by atoms with Crippen LogP contribution in [0.4, 0.5) is 5.13 Å². The van der Waals surface area contributed by atoms with Gasteiger partial charge in [0.15, 0.2) is 0 Å². The number of nitrogens with one attached hydrogen (secondary N) is 1. The third-order valence-corrected chi connectivity index (χ3v) is 4.75. The molecular formula is C14H19N5O2S. The van der Waals surface area contributed by atoms with Crippen molar-refractivity contribution in [3.05, 3.63) is 22.1 Å². The van der Waals surface area contributed by atoms with Crippen molar-refractivity contribution in [1.82, 2.24) is 19.9 Å². The van der Waals surface area contributed by atoms with Gasteiger partial charge in [-0.15, -0.1) is 5.10 Å². The minimum Gasteiger partial charge on any atom is -0.356 e. The average molecular weight is 321 g/mol. The molecule has 1 N–H and O–H groups in total. The number of amides is 1. The zero-order chi connectivity index (χ0) is 15.7. The van der Waals surface area contributed by atoms with E-state index >= 15 is 0 Å². The molecule has 1 saturated heterocycles. The first-order valence-corrected chi connectivity index (χ1v) is 8.30. The molecule has 118 valence electrons. The molecule has 2 aromatic heterocycles.